The predicted molar refractivity (Wildman–Crippen MR) is 71.0 cm³/mol. The van der Waals surface area contributed by atoms with Gasteiger partial charge in [-0.25, -0.2) is 4.98 Å². The molecule has 1 saturated heterocycles. The summed E-state index contributed by atoms with van der Waals surface area (Å²) >= 11 is 2.05. The van der Waals surface area contributed by atoms with Crippen LogP contribution < -0.4 is 4.74 Å². The van der Waals surface area contributed by atoms with E-state index < -0.39 is 0 Å². The predicted octanol–water partition coefficient (Wildman–Crippen LogP) is 2.95. The molecule has 0 N–H and O–H groups in total. The molecule has 0 saturated carbocycles. The van der Waals surface area contributed by atoms with Crippen LogP contribution in [0.5, 0.6) is 5.75 Å². The summed E-state index contributed by atoms with van der Waals surface area (Å²) < 4.78 is 7.46. The highest BCUT2D eigenvalue weighted by atomic mass is 32.2. The van der Waals surface area contributed by atoms with E-state index in [-0.39, 0.29) is 0 Å². The number of hydrogen-bond acceptors (Lipinski definition) is 3. The van der Waals surface area contributed by atoms with Crippen molar-refractivity contribution in [3.8, 4) is 5.75 Å². The van der Waals surface area contributed by atoms with E-state index in [0.717, 1.165) is 11.3 Å². The van der Waals surface area contributed by atoms with Crippen molar-refractivity contribution in [2.45, 2.75) is 18.8 Å². The van der Waals surface area contributed by atoms with E-state index in [1.165, 1.54) is 30.2 Å². The average Bonchev–Trinajstić information content (AvgIpc) is 2.82. The van der Waals surface area contributed by atoms with Gasteiger partial charge in [0.05, 0.1) is 25.0 Å². The van der Waals surface area contributed by atoms with Crippen LogP contribution in [0.2, 0.25) is 0 Å². The van der Waals surface area contributed by atoms with E-state index in [0.29, 0.717) is 5.92 Å². The van der Waals surface area contributed by atoms with Gasteiger partial charge in [-0.3, -0.25) is 4.40 Å². The molecule has 1 fully saturated rings. The maximum absolute atomic E-state index is 5.28. The molecular weight excluding hydrogens is 232 g/mol. The molecule has 1 aliphatic heterocycles. The van der Waals surface area contributed by atoms with Gasteiger partial charge in [0.2, 0.25) is 0 Å². The van der Waals surface area contributed by atoms with Crippen molar-refractivity contribution >= 4 is 17.3 Å². The SMILES string of the molecule is COc1ccc2cnc(C3CCSCC3)n2c1. The lowest BCUT2D eigenvalue weighted by Gasteiger charge is -2.20. The number of methoxy groups -OCH3 is 1. The van der Waals surface area contributed by atoms with E-state index in [2.05, 4.69) is 15.5 Å². The molecule has 0 radical (unpaired) electrons. The first-order valence-electron chi connectivity index (χ1n) is 5.97. The van der Waals surface area contributed by atoms with Crippen LogP contribution in [-0.2, 0) is 0 Å². The molecule has 0 atom stereocenters. The summed E-state index contributed by atoms with van der Waals surface area (Å²) in [5.41, 5.74) is 1.15. The zero-order chi connectivity index (χ0) is 11.7. The normalized spacial score (nSPS) is 17.5. The summed E-state index contributed by atoms with van der Waals surface area (Å²) in [7, 11) is 1.70. The Morgan fingerprint density at radius 2 is 2.18 bits per heavy atom. The van der Waals surface area contributed by atoms with E-state index in [1.807, 2.05) is 30.2 Å². The van der Waals surface area contributed by atoms with Gasteiger partial charge in [0.1, 0.15) is 11.6 Å². The Morgan fingerprint density at radius 3 is 2.94 bits per heavy atom. The maximum atomic E-state index is 5.28. The molecule has 2 aromatic heterocycles. The quantitative estimate of drug-likeness (QED) is 0.817. The lowest BCUT2D eigenvalue weighted by molar-refractivity contribution is 0.412. The number of aromatic nitrogens is 2. The Balaban J connectivity index is 2.02. The fourth-order valence-electron chi connectivity index (χ4n) is 2.37. The molecule has 0 bridgehead atoms. The van der Waals surface area contributed by atoms with Gasteiger partial charge in [0.25, 0.3) is 0 Å². The first kappa shape index (κ1) is 11.0. The number of ether oxygens (including phenoxy) is 1. The molecular formula is C13H16N2OS. The fourth-order valence-corrected chi connectivity index (χ4v) is 3.48. The van der Waals surface area contributed by atoms with Gasteiger partial charge in [0, 0.05) is 5.92 Å². The Morgan fingerprint density at radius 1 is 1.35 bits per heavy atom. The second-order valence-electron chi connectivity index (χ2n) is 4.37. The van der Waals surface area contributed by atoms with Gasteiger partial charge in [-0.2, -0.15) is 11.8 Å². The van der Waals surface area contributed by atoms with E-state index >= 15 is 0 Å². The topological polar surface area (TPSA) is 26.5 Å². The first-order chi connectivity index (χ1) is 8.38. The molecule has 0 unspecified atom stereocenters. The van der Waals surface area contributed by atoms with Crippen LogP contribution in [0.15, 0.2) is 24.5 Å². The van der Waals surface area contributed by atoms with E-state index in [4.69, 9.17) is 4.74 Å². The second-order valence-corrected chi connectivity index (χ2v) is 5.59. The Labute approximate surface area is 105 Å². The van der Waals surface area contributed by atoms with Crippen molar-refractivity contribution in [3.05, 3.63) is 30.4 Å². The number of imidazole rings is 1. The number of rotatable bonds is 2. The summed E-state index contributed by atoms with van der Waals surface area (Å²) in [6.45, 7) is 0. The minimum absolute atomic E-state index is 0.603. The molecule has 3 rings (SSSR count). The molecule has 1 aliphatic rings. The van der Waals surface area contributed by atoms with E-state index in [9.17, 15) is 0 Å². The zero-order valence-corrected chi connectivity index (χ0v) is 10.7. The summed E-state index contributed by atoms with van der Waals surface area (Å²) in [6.07, 6.45) is 6.47. The average molecular weight is 248 g/mol. The summed E-state index contributed by atoms with van der Waals surface area (Å²) in [4.78, 5) is 4.59. The van der Waals surface area contributed by atoms with Crippen molar-refractivity contribution in [2.24, 2.45) is 0 Å². The van der Waals surface area contributed by atoms with Gasteiger partial charge >= 0.3 is 0 Å². The lowest BCUT2D eigenvalue weighted by Crippen LogP contribution is -2.11. The molecule has 90 valence electrons. The minimum atomic E-state index is 0.603. The molecule has 0 amide bonds. The fraction of sp³-hybridized carbons (Fsp3) is 0.462. The highest BCUT2D eigenvalue weighted by molar-refractivity contribution is 7.99. The van der Waals surface area contributed by atoms with Crippen molar-refractivity contribution in [1.82, 2.24) is 9.38 Å². The number of pyridine rings is 1. The highest BCUT2D eigenvalue weighted by Crippen LogP contribution is 2.31. The van der Waals surface area contributed by atoms with Gasteiger partial charge in [0.15, 0.2) is 0 Å². The standard InChI is InChI=1S/C13H16N2OS/c1-16-12-3-2-11-8-14-13(15(11)9-12)10-4-6-17-7-5-10/h2-3,8-10H,4-7H2,1H3. The van der Waals surface area contributed by atoms with Crippen LogP contribution in [0, 0.1) is 0 Å². The third-order valence-corrected chi connectivity index (χ3v) is 4.40. The van der Waals surface area contributed by atoms with Gasteiger partial charge in [-0.1, -0.05) is 0 Å². The molecule has 17 heavy (non-hydrogen) atoms. The van der Waals surface area contributed by atoms with Crippen LogP contribution in [0.4, 0.5) is 0 Å². The molecule has 0 spiro atoms. The number of fused-ring (bicyclic) bond motifs is 1. The number of hydrogen-bond donors (Lipinski definition) is 0. The van der Waals surface area contributed by atoms with Gasteiger partial charge in [-0.05, 0) is 36.5 Å². The molecule has 0 aromatic carbocycles. The molecule has 3 heterocycles. The summed E-state index contributed by atoms with van der Waals surface area (Å²) in [5.74, 6) is 5.19. The van der Waals surface area contributed by atoms with Crippen molar-refractivity contribution < 1.29 is 4.74 Å². The molecule has 4 heteroatoms. The maximum Gasteiger partial charge on any atom is 0.135 e. The Bertz CT molecular complexity index is 517. The van der Waals surface area contributed by atoms with Crippen LogP contribution in [0.25, 0.3) is 5.52 Å². The van der Waals surface area contributed by atoms with Crippen LogP contribution in [0.3, 0.4) is 0 Å². The smallest absolute Gasteiger partial charge is 0.135 e. The van der Waals surface area contributed by atoms with E-state index in [1.54, 1.807) is 7.11 Å². The van der Waals surface area contributed by atoms with Crippen LogP contribution in [0.1, 0.15) is 24.6 Å². The van der Waals surface area contributed by atoms with Crippen molar-refractivity contribution in [1.29, 1.82) is 0 Å². The lowest BCUT2D eigenvalue weighted by atomic mass is 10.0. The Hall–Kier alpha value is -1.16. The van der Waals surface area contributed by atoms with Crippen LogP contribution >= 0.6 is 11.8 Å². The van der Waals surface area contributed by atoms with Gasteiger partial charge in [-0.15, -0.1) is 0 Å². The largest absolute Gasteiger partial charge is 0.495 e. The number of thioether (sulfide) groups is 1. The van der Waals surface area contributed by atoms with Crippen molar-refractivity contribution in [3.63, 3.8) is 0 Å². The minimum Gasteiger partial charge on any atom is -0.495 e. The first-order valence-corrected chi connectivity index (χ1v) is 7.12. The zero-order valence-electron chi connectivity index (χ0n) is 9.93. The van der Waals surface area contributed by atoms with Gasteiger partial charge < -0.3 is 4.74 Å². The van der Waals surface area contributed by atoms with Crippen LogP contribution in [-0.4, -0.2) is 28.0 Å². The molecule has 3 nitrogen and oxygen atoms in total. The third-order valence-electron chi connectivity index (χ3n) is 3.35. The molecule has 0 aliphatic carbocycles. The highest BCUT2D eigenvalue weighted by Gasteiger charge is 2.20. The monoisotopic (exact) mass is 248 g/mol. The summed E-state index contributed by atoms with van der Waals surface area (Å²) in [6, 6.07) is 4.05. The number of nitrogens with zero attached hydrogens (tertiary/aromatic N) is 2. The Kier molecular flexibility index (Phi) is 2.97. The third kappa shape index (κ3) is 2.02. The van der Waals surface area contributed by atoms with Crippen molar-refractivity contribution in [2.75, 3.05) is 18.6 Å². The molecule has 2 aromatic rings. The second kappa shape index (κ2) is 4.61. The summed E-state index contributed by atoms with van der Waals surface area (Å²) in [5, 5.41) is 0.